The second-order valence-electron chi connectivity index (χ2n) is 10.8. The maximum atomic E-state index is 13.5. The Hall–Kier alpha value is -5.37. The summed E-state index contributed by atoms with van der Waals surface area (Å²) >= 11 is 0. The lowest BCUT2D eigenvalue weighted by Gasteiger charge is -2.35. The molecular formula is C31H27F2N9O3. The molecular weight excluding hydrogens is 584 g/mol. The SMILES string of the molecule is O=C(c1cc(-c2nc3cc(-c4cn(C(F)F)cn4)ccc3o2)ccn1)N1CCC([C@H](c2ccccc2)n2nnc(CO)n2)CC1. The first-order chi connectivity index (χ1) is 22.0. The number of alkyl halides is 2. The zero-order chi connectivity index (χ0) is 30.9. The Morgan fingerprint density at radius 2 is 1.84 bits per heavy atom. The van der Waals surface area contributed by atoms with E-state index in [2.05, 4.69) is 30.4 Å². The summed E-state index contributed by atoms with van der Waals surface area (Å²) in [5, 5.41) is 22.0. The molecule has 1 saturated heterocycles. The Kier molecular flexibility index (Phi) is 7.55. The quantitative estimate of drug-likeness (QED) is 0.258. The summed E-state index contributed by atoms with van der Waals surface area (Å²) in [6.07, 6.45) is 5.33. The number of likely N-dealkylation sites (tertiary alicyclic amines) is 1. The number of piperidine rings is 1. The van der Waals surface area contributed by atoms with Crippen LogP contribution in [0.15, 0.2) is 83.8 Å². The van der Waals surface area contributed by atoms with Crippen LogP contribution in [-0.2, 0) is 6.61 Å². The number of carbonyl (C=O) groups is 1. The Labute approximate surface area is 255 Å². The Bertz CT molecular complexity index is 1950. The monoisotopic (exact) mass is 611 g/mol. The Balaban J connectivity index is 1.07. The van der Waals surface area contributed by atoms with Crippen LogP contribution in [0.1, 0.15) is 47.3 Å². The van der Waals surface area contributed by atoms with Crippen molar-refractivity contribution in [3.8, 4) is 22.7 Å². The largest absolute Gasteiger partial charge is 0.436 e. The van der Waals surface area contributed by atoms with Gasteiger partial charge in [0.2, 0.25) is 5.89 Å². The number of carbonyl (C=O) groups excluding carboxylic acids is 1. The summed E-state index contributed by atoms with van der Waals surface area (Å²) in [7, 11) is 0. The number of imidazole rings is 1. The summed E-state index contributed by atoms with van der Waals surface area (Å²) in [4.78, 5) is 29.9. The van der Waals surface area contributed by atoms with Gasteiger partial charge in [0.15, 0.2) is 11.4 Å². The van der Waals surface area contributed by atoms with Gasteiger partial charge in [-0.2, -0.15) is 13.6 Å². The van der Waals surface area contributed by atoms with E-state index in [4.69, 9.17) is 4.42 Å². The van der Waals surface area contributed by atoms with Gasteiger partial charge in [0.05, 0.1) is 12.0 Å². The van der Waals surface area contributed by atoms with E-state index in [0.717, 1.165) is 16.5 Å². The van der Waals surface area contributed by atoms with E-state index in [1.54, 1.807) is 46.2 Å². The van der Waals surface area contributed by atoms with Crippen LogP contribution in [0.2, 0.25) is 0 Å². The molecule has 0 radical (unpaired) electrons. The van der Waals surface area contributed by atoms with Crippen LogP contribution in [0.5, 0.6) is 0 Å². The Morgan fingerprint density at radius 1 is 1.02 bits per heavy atom. The minimum atomic E-state index is -2.67. The van der Waals surface area contributed by atoms with E-state index in [-0.39, 0.29) is 36.0 Å². The molecule has 2 aromatic carbocycles. The molecule has 0 saturated carbocycles. The summed E-state index contributed by atoms with van der Waals surface area (Å²) in [6.45, 7) is -1.92. The number of oxazole rings is 1. The second kappa shape index (κ2) is 12.0. The lowest BCUT2D eigenvalue weighted by molar-refractivity contribution is 0.0657. The van der Waals surface area contributed by atoms with Crippen LogP contribution in [0.4, 0.5) is 8.78 Å². The fraction of sp³-hybridized carbons (Fsp3) is 0.258. The lowest BCUT2D eigenvalue weighted by Crippen LogP contribution is -2.41. The van der Waals surface area contributed by atoms with E-state index < -0.39 is 6.55 Å². The zero-order valence-electron chi connectivity index (χ0n) is 23.8. The van der Waals surface area contributed by atoms with E-state index in [1.165, 1.54) is 6.20 Å². The summed E-state index contributed by atoms with van der Waals surface area (Å²) in [5.74, 6) is 0.519. The van der Waals surface area contributed by atoms with Crippen molar-refractivity contribution in [3.05, 3.63) is 96.5 Å². The number of fused-ring (bicyclic) bond motifs is 1. The van der Waals surface area contributed by atoms with Gasteiger partial charge in [-0.15, -0.1) is 10.2 Å². The molecule has 5 heterocycles. The van der Waals surface area contributed by atoms with Crippen molar-refractivity contribution in [1.29, 1.82) is 0 Å². The molecule has 45 heavy (non-hydrogen) atoms. The van der Waals surface area contributed by atoms with Gasteiger partial charge in [-0.05, 0) is 59.9 Å². The number of pyridine rings is 1. The van der Waals surface area contributed by atoms with Gasteiger partial charge in [0, 0.05) is 36.6 Å². The maximum Gasteiger partial charge on any atom is 0.319 e. The molecule has 1 aliphatic rings. The molecule has 7 rings (SSSR count). The molecule has 0 bridgehead atoms. The second-order valence-corrected chi connectivity index (χ2v) is 10.8. The molecule has 14 heteroatoms. The third-order valence-electron chi connectivity index (χ3n) is 8.01. The predicted octanol–water partition coefficient (Wildman–Crippen LogP) is 4.77. The van der Waals surface area contributed by atoms with Crippen molar-refractivity contribution >= 4 is 17.0 Å². The van der Waals surface area contributed by atoms with Gasteiger partial charge in [-0.3, -0.25) is 14.3 Å². The van der Waals surface area contributed by atoms with Gasteiger partial charge in [-0.25, -0.2) is 9.97 Å². The Morgan fingerprint density at radius 3 is 2.58 bits per heavy atom. The number of benzene rings is 2. The van der Waals surface area contributed by atoms with Gasteiger partial charge in [0.25, 0.3) is 5.91 Å². The van der Waals surface area contributed by atoms with Crippen LogP contribution in [-0.4, -0.2) is 68.7 Å². The molecule has 12 nitrogen and oxygen atoms in total. The molecule has 1 amide bonds. The van der Waals surface area contributed by atoms with Crippen molar-refractivity contribution in [2.24, 2.45) is 5.92 Å². The number of halogens is 2. The standard InChI is InChI=1S/C31H27F2N9O3/c32-31(33)41-16-25(35-18-41)21-6-7-26-23(14-21)36-29(45-26)22-8-11-34-24(15-22)30(44)40-12-9-20(10-13-40)28(19-4-2-1-3-5-19)42-38-27(17-43)37-39-42/h1-8,11,14-16,18,20,28,31,43H,9-10,12-13,17H2/t28-/m0/s1. The molecule has 1 fully saturated rings. The molecule has 1 N–H and O–H groups in total. The molecule has 228 valence electrons. The highest BCUT2D eigenvalue weighted by Crippen LogP contribution is 2.34. The first kappa shape index (κ1) is 28.4. The first-order valence-corrected chi connectivity index (χ1v) is 14.4. The number of aromatic nitrogens is 8. The summed E-state index contributed by atoms with van der Waals surface area (Å²) < 4.78 is 32.7. The number of tetrazole rings is 1. The fourth-order valence-corrected chi connectivity index (χ4v) is 5.74. The normalized spacial score (nSPS) is 14.8. The van der Waals surface area contributed by atoms with E-state index in [9.17, 15) is 18.7 Å². The highest BCUT2D eigenvalue weighted by molar-refractivity contribution is 5.93. The molecule has 0 aliphatic carbocycles. The van der Waals surface area contributed by atoms with Crippen LogP contribution < -0.4 is 0 Å². The number of aliphatic hydroxyl groups is 1. The third kappa shape index (κ3) is 5.67. The van der Waals surface area contributed by atoms with E-state index >= 15 is 0 Å². The first-order valence-electron chi connectivity index (χ1n) is 14.4. The lowest BCUT2D eigenvalue weighted by atomic mass is 9.85. The topological polar surface area (TPSA) is 141 Å². The highest BCUT2D eigenvalue weighted by Gasteiger charge is 2.33. The zero-order valence-corrected chi connectivity index (χ0v) is 23.8. The fourth-order valence-electron chi connectivity index (χ4n) is 5.74. The molecule has 1 aliphatic heterocycles. The number of aliphatic hydroxyl groups excluding tert-OH is 1. The summed E-state index contributed by atoms with van der Waals surface area (Å²) in [5.41, 5.74) is 3.95. The minimum absolute atomic E-state index is 0.144. The van der Waals surface area contributed by atoms with Crippen molar-refractivity contribution in [2.75, 3.05) is 13.1 Å². The molecule has 6 aromatic rings. The highest BCUT2D eigenvalue weighted by atomic mass is 19.3. The number of nitrogens with zero attached hydrogens (tertiary/aromatic N) is 9. The number of hydrogen-bond acceptors (Lipinski definition) is 9. The average Bonchev–Trinajstić information content (AvgIpc) is 3.85. The van der Waals surface area contributed by atoms with Crippen LogP contribution >= 0.6 is 0 Å². The van der Waals surface area contributed by atoms with Crippen molar-refractivity contribution in [3.63, 3.8) is 0 Å². The van der Waals surface area contributed by atoms with Crippen molar-refractivity contribution in [1.82, 2.24) is 44.6 Å². The molecule has 4 aromatic heterocycles. The van der Waals surface area contributed by atoms with Gasteiger partial charge >= 0.3 is 6.55 Å². The number of amides is 1. The predicted molar refractivity (Wildman–Crippen MR) is 157 cm³/mol. The van der Waals surface area contributed by atoms with Gasteiger partial charge < -0.3 is 14.4 Å². The van der Waals surface area contributed by atoms with Gasteiger partial charge in [0.1, 0.15) is 23.9 Å². The smallest absolute Gasteiger partial charge is 0.319 e. The molecule has 1 atom stereocenters. The number of rotatable bonds is 8. The molecule has 0 unspecified atom stereocenters. The molecule has 0 spiro atoms. The van der Waals surface area contributed by atoms with E-state index in [1.807, 2.05) is 30.3 Å². The maximum absolute atomic E-state index is 13.5. The van der Waals surface area contributed by atoms with Crippen LogP contribution in [0.25, 0.3) is 33.8 Å². The number of hydrogen-bond donors (Lipinski definition) is 1. The third-order valence-corrected chi connectivity index (χ3v) is 8.01. The average molecular weight is 612 g/mol. The van der Waals surface area contributed by atoms with Crippen molar-refractivity contribution in [2.45, 2.75) is 32.0 Å². The van der Waals surface area contributed by atoms with Crippen LogP contribution in [0, 0.1) is 5.92 Å². The van der Waals surface area contributed by atoms with Gasteiger partial charge in [-0.1, -0.05) is 30.3 Å². The minimum Gasteiger partial charge on any atom is -0.436 e. The summed E-state index contributed by atoms with van der Waals surface area (Å²) in [6, 6.07) is 18.3. The van der Waals surface area contributed by atoms with Crippen molar-refractivity contribution < 1.29 is 23.1 Å². The van der Waals surface area contributed by atoms with Crippen LogP contribution in [0.3, 0.4) is 0 Å². The van der Waals surface area contributed by atoms with E-state index in [0.29, 0.717) is 59.7 Å².